The third-order valence-corrected chi connectivity index (χ3v) is 6.19. The fraction of sp³-hybridized carbons (Fsp3) is 0.308. The summed E-state index contributed by atoms with van der Waals surface area (Å²) in [4.78, 5) is 22.3. The number of rotatable bonds is 5. The number of benzene rings is 1. The normalized spacial score (nSPS) is 14.5. The monoisotopic (exact) mass is 425 g/mol. The SMILES string of the molecule is Cn1cc(-c2ccc(Cc3cc(C(=O)NC4CCCCC4)nc4ccccc34)cn2)cn1. The fourth-order valence-corrected chi connectivity index (χ4v) is 4.49. The van der Waals surface area contributed by atoms with Crippen molar-refractivity contribution in [2.24, 2.45) is 7.05 Å². The Morgan fingerprint density at radius 2 is 1.94 bits per heavy atom. The van der Waals surface area contributed by atoms with Gasteiger partial charge in [0.15, 0.2) is 0 Å². The maximum absolute atomic E-state index is 13.0. The average Bonchev–Trinajstić information content (AvgIpc) is 3.26. The van der Waals surface area contributed by atoms with Gasteiger partial charge in [-0.15, -0.1) is 0 Å². The van der Waals surface area contributed by atoms with Crippen LogP contribution in [0.3, 0.4) is 0 Å². The second-order valence-electron chi connectivity index (χ2n) is 8.62. The third kappa shape index (κ3) is 4.40. The number of hydrogen-bond donors (Lipinski definition) is 1. The summed E-state index contributed by atoms with van der Waals surface area (Å²) in [6.45, 7) is 0. The molecule has 6 nitrogen and oxygen atoms in total. The van der Waals surface area contributed by atoms with Gasteiger partial charge in [0.25, 0.3) is 5.91 Å². The maximum Gasteiger partial charge on any atom is 0.270 e. The number of amides is 1. The van der Waals surface area contributed by atoms with Crippen molar-refractivity contribution in [2.75, 3.05) is 0 Å². The lowest BCUT2D eigenvalue weighted by Gasteiger charge is -2.22. The zero-order valence-electron chi connectivity index (χ0n) is 18.3. The van der Waals surface area contributed by atoms with Crippen molar-refractivity contribution in [1.29, 1.82) is 0 Å². The fourth-order valence-electron chi connectivity index (χ4n) is 4.49. The van der Waals surface area contributed by atoms with Crippen LogP contribution in [0.2, 0.25) is 0 Å². The second kappa shape index (κ2) is 8.91. The van der Waals surface area contributed by atoms with Crippen LogP contribution in [0.25, 0.3) is 22.2 Å². The van der Waals surface area contributed by atoms with Gasteiger partial charge >= 0.3 is 0 Å². The first kappa shape index (κ1) is 20.4. The highest BCUT2D eigenvalue weighted by atomic mass is 16.1. The lowest BCUT2D eigenvalue weighted by molar-refractivity contribution is 0.0923. The van der Waals surface area contributed by atoms with E-state index in [0.29, 0.717) is 12.1 Å². The van der Waals surface area contributed by atoms with Gasteiger partial charge < -0.3 is 5.32 Å². The van der Waals surface area contributed by atoms with Crippen LogP contribution in [0.15, 0.2) is 61.1 Å². The smallest absolute Gasteiger partial charge is 0.270 e. The molecule has 0 bridgehead atoms. The number of aryl methyl sites for hydroxylation is 1. The average molecular weight is 426 g/mol. The predicted octanol–water partition coefficient (Wildman–Crippen LogP) is 4.68. The molecular formula is C26H27N5O. The van der Waals surface area contributed by atoms with E-state index >= 15 is 0 Å². The van der Waals surface area contributed by atoms with E-state index in [1.807, 2.05) is 56.0 Å². The number of nitrogens with one attached hydrogen (secondary N) is 1. The van der Waals surface area contributed by atoms with E-state index in [4.69, 9.17) is 0 Å². The summed E-state index contributed by atoms with van der Waals surface area (Å²) in [7, 11) is 1.90. The topological polar surface area (TPSA) is 72.7 Å². The Balaban J connectivity index is 1.41. The zero-order chi connectivity index (χ0) is 21.9. The van der Waals surface area contributed by atoms with E-state index in [0.717, 1.165) is 46.1 Å². The van der Waals surface area contributed by atoms with Crippen LogP contribution in [0.4, 0.5) is 0 Å². The van der Waals surface area contributed by atoms with E-state index in [9.17, 15) is 4.79 Å². The second-order valence-corrected chi connectivity index (χ2v) is 8.62. The first-order valence-electron chi connectivity index (χ1n) is 11.3. The number of para-hydroxylation sites is 1. The molecule has 6 heteroatoms. The van der Waals surface area contributed by atoms with Crippen molar-refractivity contribution in [3.63, 3.8) is 0 Å². The van der Waals surface area contributed by atoms with Crippen LogP contribution in [-0.2, 0) is 13.5 Å². The van der Waals surface area contributed by atoms with Gasteiger partial charge in [-0.1, -0.05) is 43.5 Å². The molecule has 162 valence electrons. The van der Waals surface area contributed by atoms with Crippen molar-refractivity contribution in [3.05, 3.63) is 77.9 Å². The molecule has 0 saturated heterocycles. The highest BCUT2D eigenvalue weighted by Gasteiger charge is 2.19. The summed E-state index contributed by atoms with van der Waals surface area (Å²) in [6, 6.07) is 14.3. The molecule has 3 heterocycles. The molecule has 5 rings (SSSR count). The van der Waals surface area contributed by atoms with Crippen LogP contribution in [0.1, 0.15) is 53.7 Å². The van der Waals surface area contributed by atoms with E-state index in [1.54, 1.807) is 4.68 Å². The van der Waals surface area contributed by atoms with Gasteiger partial charge in [-0.05, 0) is 48.6 Å². The van der Waals surface area contributed by atoms with Gasteiger partial charge in [-0.25, -0.2) is 4.98 Å². The Kier molecular flexibility index (Phi) is 5.67. The summed E-state index contributed by atoms with van der Waals surface area (Å²) in [5.74, 6) is -0.0750. The number of carbonyl (C=O) groups is 1. The molecule has 4 aromatic rings. The van der Waals surface area contributed by atoms with Crippen molar-refractivity contribution < 1.29 is 4.79 Å². The number of hydrogen-bond acceptors (Lipinski definition) is 4. The van der Waals surface area contributed by atoms with Crippen LogP contribution in [0.5, 0.6) is 0 Å². The quantitative estimate of drug-likeness (QED) is 0.504. The number of carbonyl (C=O) groups excluding carboxylic acids is 1. The summed E-state index contributed by atoms with van der Waals surface area (Å²) < 4.78 is 1.77. The van der Waals surface area contributed by atoms with Crippen LogP contribution in [-0.4, -0.2) is 31.7 Å². The molecular weight excluding hydrogens is 398 g/mol. The highest BCUT2D eigenvalue weighted by Crippen LogP contribution is 2.23. The Bertz CT molecular complexity index is 1240. The molecule has 0 spiro atoms. The van der Waals surface area contributed by atoms with Crippen molar-refractivity contribution in [2.45, 2.75) is 44.6 Å². The number of fused-ring (bicyclic) bond motifs is 1. The summed E-state index contributed by atoms with van der Waals surface area (Å²) in [6.07, 6.45) is 12.1. The number of nitrogens with zero attached hydrogens (tertiary/aromatic N) is 4. The molecule has 1 saturated carbocycles. The molecule has 1 fully saturated rings. The van der Waals surface area contributed by atoms with Crippen LogP contribution >= 0.6 is 0 Å². The van der Waals surface area contributed by atoms with Crippen molar-refractivity contribution in [3.8, 4) is 11.3 Å². The molecule has 3 aromatic heterocycles. The minimum absolute atomic E-state index is 0.0750. The van der Waals surface area contributed by atoms with Crippen molar-refractivity contribution >= 4 is 16.8 Å². The van der Waals surface area contributed by atoms with E-state index in [2.05, 4.69) is 32.5 Å². The van der Waals surface area contributed by atoms with Gasteiger partial charge in [0, 0.05) is 36.4 Å². The molecule has 1 aromatic carbocycles. The predicted molar refractivity (Wildman–Crippen MR) is 125 cm³/mol. The standard InChI is InChI=1S/C26H27N5O/c1-31-17-20(16-28-31)23-12-11-18(15-27-23)13-19-14-25(30-24-10-6-5-9-22(19)24)26(32)29-21-7-3-2-4-8-21/h5-6,9-12,14-17,21H,2-4,7-8,13H2,1H3,(H,29,32). The minimum atomic E-state index is -0.0750. The molecule has 1 amide bonds. The van der Waals surface area contributed by atoms with Gasteiger partial charge in [0.05, 0.1) is 17.4 Å². The van der Waals surface area contributed by atoms with Crippen molar-refractivity contribution in [1.82, 2.24) is 25.1 Å². The van der Waals surface area contributed by atoms with E-state index in [1.165, 1.54) is 19.3 Å². The molecule has 0 atom stereocenters. The molecule has 1 N–H and O–H groups in total. The molecule has 0 unspecified atom stereocenters. The van der Waals surface area contributed by atoms with Gasteiger partial charge in [-0.3, -0.25) is 14.5 Å². The lowest BCUT2D eigenvalue weighted by Crippen LogP contribution is -2.36. The lowest BCUT2D eigenvalue weighted by atomic mass is 9.95. The van der Waals surface area contributed by atoms with Crippen LogP contribution in [0, 0.1) is 0 Å². The highest BCUT2D eigenvalue weighted by molar-refractivity contribution is 5.96. The summed E-state index contributed by atoms with van der Waals surface area (Å²) >= 11 is 0. The van der Waals surface area contributed by atoms with Gasteiger partial charge in [0.1, 0.15) is 5.69 Å². The maximum atomic E-state index is 13.0. The third-order valence-electron chi connectivity index (χ3n) is 6.19. The largest absolute Gasteiger partial charge is 0.348 e. The molecule has 32 heavy (non-hydrogen) atoms. The first-order valence-corrected chi connectivity index (χ1v) is 11.3. The first-order chi connectivity index (χ1) is 15.7. The number of aromatic nitrogens is 4. The molecule has 1 aliphatic rings. The van der Waals surface area contributed by atoms with Crippen LogP contribution < -0.4 is 5.32 Å². The Hall–Kier alpha value is -3.54. The summed E-state index contributed by atoms with van der Waals surface area (Å²) in [5.41, 5.74) is 5.40. The Labute approximate surface area is 187 Å². The Morgan fingerprint density at radius 1 is 1.09 bits per heavy atom. The Morgan fingerprint density at radius 3 is 2.69 bits per heavy atom. The van der Waals surface area contributed by atoms with Gasteiger partial charge in [0.2, 0.25) is 0 Å². The molecule has 1 aliphatic carbocycles. The molecule has 0 aliphatic heterocycles. The summed E-state index contributed by atoms with van der Waals surface area (Å²) in [5, 5.41) is 8.48. The van der Waals surface area contributed by atoms with Gasteiger partial charge in [-0.2, -0.15) is 5.10 Å². The minimum Gasteiger partial charge on any atom is -0.348 e. The van der Waals surface area contributed by atoms with E-state index in [-0.39, 0.29) is 11.9 Å². The molecule has 0 radical (unpaired) electrons. The number of pyridine rings is 2. The van der Waals surface area contributed by atoms with E-state index < -0.39 is 0 Å². The zero-order valence-corrected chi connectivity index (χ0v) is 18.3.